The number of benzene rings is 1. The lowest BCUT2D eigenvalue weighted by Gasteiger charge is -2.18. The second-order valence-corrected chi connectivity index (χ2v) is 6.53. The molecule has 2 aromatic rings. The Balaban J connectivity index is 2.06. The standard InChI is InChI=1S/C18H22N2S2/c1-3-20-13-5-4-6-18(20)12-9-16-7-10-17(11-8-16)19(2)14-15-22-21/h4-13H,3,14-15H2,1-2H3/p+1. The monoisotopic (exact) mass is 331 g/mol. The van der Waals surface area contributed by atoms with Crippen molar-refractivity contribution in [3.8, 4) is 0 Å². The van der Waals surface area contributed by atoms with E-state index < -0.39 is 0 Å². The Hall–Kier alpha value is -1.39. The molecule has 0 bridgehead atoms. The number of hydrogen-bond donors (Lipinski definition) is 1. The van der Waals surface area contributed by atoms with E-state index in [1.54, 1.807) is 10.8 Å². The van der Waals surface area contributed by atoms with Crippen LogP contribution < -0.4 is 9.47 Å². The van der Waals surface area contributed by atoms with Gasteiger partial charge in [-0.3, -0.25) is 0 Å². The summed E-state index contributed by atoms with van der Waals surface area (Å²) in [5, 5.41) is 0. The number of aromatic nitrogens is 1. The molecule has 1 aromatic carbocycles. The van der Waals surface area contributed by atoms with Gasteiger partial charge in [0.2, 0.25) is 5.69 Å². The minimum absolute atomic E-state index is 0.980. The Labute approximate surface area is 142 Å². The minimum atomic E-state index is 0.980. The van der Waals surface area contributed by atoms with Gasteiger partial charge in [0.1, 0.15) is 6.54 Å². The van der Waals surface area contributed by atoms with E-state index >= 15 is 0 Å². The molecular weight excluding hydrogens is 308 g/mol. The van der Waals surface area contributed by atoms with Crippen molar-refractivity contribution in [2.24, 2.45) is 0 Å². The van der Waals surface area contributed by atoms with E-state index in [0.717, 1.165) is 18.8 Å². The molecule has 1 heterocycles. The van der Waals surface area contributed by atoms with Crippen LogP contribution >= 0.6 is 22.5 Å². The molecule has 0 unspecified atom stereocenters. The van der Waals surface area contributed by atoms with Gasteiger partial charge in [0.25, 0.3) is 0 Å². The highest BCUT2D eigenvalue weighted by molar-refractivity contribution is 8.68. The van der Waals surface area contributed by atoms with Gasteiger partial charge in [-0.1, -0.05) is 22.9 Å². The molecule has 2 nitrogen and oxygen atoms in total. The average molecular weight is 332 g/mol. The SMILES string of the molecule is CC[n+]1ccccc1/C=C/c1ccc(N(C)CCSS)cc1. The van der Waals surface area contributed by atoms with E-state index in [0.29, 0.717) is 0 Å². The fourth-order valence-corrected chi connectivity index (χ4v) is 2.86. The Morgan fingerprint density at radius 2 is 1.91 bits per heavy atom. The van der Waals surface area contributed by atoms with Crippen molar-refractivity contribution in [2.45, 2.75) is 13.5 Å². The van der Waals surface area contributed by atoms with E-state index in [1.807, 2.05) is 0 Å². The number of hydrogen-bond acceptors (Lipinski definition) is 3. The first-order valence-corrected chi connectivity index (χ1v) is 9.52. The summed E-state index contributed by atoms with van der Waals surface area (Å²) in [6.45, 7) is 4.14. The number of anilines is 1. The summed E-state index contributed by atoms with van der Waals surface area (Å²) >= 11 is 4.18. The second kappa shape index (κ2) is 8.91. The predicted molar refractivity (Wildman–Crippen MR) is 102 cm³/mol. The van der Waals surface area contributed by atoms with Crippen LogP contribution in [0.1, 0.15) is 18.2 Å². The van der Waals surface area contributed by atoms with Crippen molar-refractivity contribution < 1.29 is 4.57 Å². The van der Waals surface area contributed by atoms with Crippen LogP contribution in [0, 0.1) is 0 Å². The zero-order chi connectivity index (χ0) is 15.8. The van der Waals surface area contributed by atoms with E-state index in [-0.39, 0.29) is 0 Å². The minimum Gasteiger partial charge on any atom is -0.374 e. The van der Waals surface area contributed by atoms with Gasteiger partial charge >= 0.3 is 0 Å². The Morgan fingerprint density at radius 3 is 2.59 bits per heavy atom. The maximum atomic E-state index is 4.18. The van der Waals surface area contributed by atoms with Gasteiger partial charge in [0.05, 0.1) is 0 Å². The smallest absolute Gasteiger partial charge is 0.205 e. The van der Waals surface area contributed by atoms with Crippen molar-refractivity contribution in [3.05, 3.63) is 59.9 Å². The Morgan fingerprint density at radius 1 is 1.14 bits per heavy atom. The highest BCUT2D eigenvalue weighted by atomic mass is 33.1. The number of nitrogens with zero attached hydrogens (tertiary/aromatic N) is 2. The van der Waals surface area contributed by atoms with Crippen molar-refractivity contribution in [2.75, 3.05) is 24.2 Å². The van der Waals surface area contributed by atoms with Gasteiger partial charge in [-0.15, -0.1) is 11.7 Å². The van der Waals surface area contributed by atoms with E-state index in [1.165, 1.54) is 16.9 Å². The van der Waals surface area contributed by atoms with Crippen molar-refractivity contribution in [1.29, 1.82) is 0 Å². The first kappa shape index (κ1) is 17.0. The summed E-state index contributed by atoms with van der Waals surface area (Å²) in [4.78, 5) is 2.25. The highest BCUT2D eigenvalue weighted by Gasteiger charge is 2.03. The van der Waals surface area contributed by atoms with Gasteiger partial charge in [0, 0.05) is 43.2 Å². The van der Waals surface area contributed by atoms with Crippen molar-refractivity contribution in [3.63, 3.8) is 0 Å². The molecule has 0 saturated heterocycles. The molecule has 0 radical (unpaired) electrons. The molecule has 0 aliphatic heterocycles. The molecule has 22 heavy (non-hydrogen) atoms. The number of thiol groups is 1. The molecule has 1 aromatic heterocycles. The molecule has 116 valence electrons. The molecule has 0 saturated carbocycles. The molecular formula is C18H23N2S2+. The summed E-state index contributed by atoms with van der Waals surface area (Å²) in [6.07, 6.45) is 6.44. The normalized spacial score (nSPS) is 11.0. The zero-order valence-corrected chi connectivity index (χ0v) is 14.9. The van der Waals surface area contributed by atoms with Crippen LogP contribution in [-0.2, 0) is 6.54 Å². The molecule has 0 aliphatic rings. The number of rotatable bonds is 7. The highest BCUT2D eigenvalue weighted by Crippen LogP contribution is 2.16. The van der Waals surface area contributed by atoms with E-state index in [9.17, 15) is 0 Å². The summed E-state index contributed by atoms with van der Waals surface area (Å²) in [5.41, 5.74) is 3.67. The van der Waals surface area contributed by atoms with Gasteiger partial charge < -0.3 is 4.90 Å². The van der Waals surface area contributed by atoms with Crippen LogP contribution in [0.5, 0.6) is 0 Å². The maximum absolute atomic E-state index is 4.18. The third kappa shape index (κ3) is 4.82. The molecule has 2 rings (SSSR count). The number of aryl methyl sites for hydroxylation is 1. The molecule has 0 N–H and O–H groups in total. The van der Waals surface area contributed by atoms with Gasteiger partial charge in [-0.25, -0.2) is 0 Å². The second-order valence-electron chi connectivity index (χ2n) is 5.09. The van der Waals surface area contributed by atoms with Crippen LogP contribution in [0.25, 0.3) is 12.2 Å². The third-order valence-corrected chi connectivity index (χ3v) is 4.53. The van der Waals surface area contributed by atoms with Crippen LogP contribution in [0.2, 0.25) is 0 Å². The molecule has 0 amide bonds. The fraction of sp³-hybridized carbons (Fsp3) is 0.278. The zero-order valence-electron chi connectivity index (χ0n) is 13.1. The first-order valence-electron chi connectivity index (χ1n) is 7.48. The fourth-order valence-electron chi connectivity index (χ4n) is 2.26. The molecule has 0 fully saturated rings. The summed E-state index contributed by atoms with van der Waals surface area (Å²) < 4.78 is 2.23. The molecule has 0 aliphatic carbocycles. The lowest BCUT2D eigenvalue weighted by Crippen LogP contribution is -2.34. The lowest BCUT2D eigenvalue weighted by molar-refractivity contribution is -0.695. The Bertz CT molecular complexity index is 609. The van der Waals surface area contributed by atoms with E-state index in [4.69, 9.17) is 0 Å². The molecule has 0 atom stereocenters. The van der Waals surface area contributed by atoms with Crippen LogP contribution in [0.3, 0.4) is 0 Å². The Kier molecular flexibility index (Phi) is 6.87. The molecule has 4 heteroatoms. The van der Waals surface area contributed by atoms with Crippen LogP contribution in [0.4, 0.5) is 5.69 Å². The predicted octanol–water partition coefficient (Wildman–Crippen LogP) is 4.18. The van der Waals surface area contributed by atoms with Gasteiger partial charge in [0.15, 0.2) is 6.20 Å². The van der Waals surface area contributed by atoms with E-state index in [2.05, 4.69) is 95.9 Å². The third-order valence-electron chi connectivity index (χ3n) is 3.61. The largest absolute Gasteiger partial charge is 0.374 e. The maximum Gasteiger partial charge on any atom is 0.205 e. The van der Waals surface area contributed by atoms with Crippen LogP contribution in [-0.4, -0.2) is 19.3 Å². The first-order chi connectivity index (χ1) is 10.7. The molecule has 0 spiro atoms. The average Bonchev–Trinajstić information content (AvgIpc) is 2.58. The topological polar surface area (TPSA) is 7.12 Å². The summed E-state index contributed by atoms with van der Waals surface area (Å²) in [5.74, 6) is 1.02. The van der Waals surface area contributed by atoms with Gasteiger partial charge in [-0.2, -0.15) is 4.57 Å². The quantitative estimate of drug-likeness (QED) is 0.462. The van der Waals surface area contributed by atoms with Crippen molar-refractivity contribution in [1.82, 2.24) is 0 Å². The summed E-state index contributed by atoms with van der Waals surface area (Å²) in [7, 11) is 3.69. The summed E-state index contributed by atoms with van der Waals surface area (Å²) in [6, 6.07) is 14.9. The van der Waals surface area contributed by atoms with Crippen molar-refractivity contribution >= 4 is 40.3 Å². The lowest BCUT2D eigenvalue weighted by atomic mass is 10.1. The van der Waals surface area contributed by atoms with Gasteiger partial charge in [-0.05, 0) is 36.8 Å². The van der Waals surface area contributed by atoms with Crippen LogP contribution in [0.15, 0.2) is 48.7 Å². The number of pyridine rings is 1.